The van der Waals surface area contributed by atoms with Crippen molar-refractivity contribution in [2.45, 2.75) is 76.4 Å². The summed E-state index contributed by atoms with van der Waals surface area (Å²) >= 11 is 6.47. The highest BCUT2D eigenvalue weighted by atomic mass is 35.5. The quantitative estimate of drug-likeness (QED) is 0.262. The molecule has 0 aromatic heterocycles. The minimum absolute atomic E-state index is 0.0310. The fourth-order valence-corrected chi connectivity index (χ4v) is 6.87. The van der Waals surface area contributed by atoms with Gasteiger partial charge in [0.25, 0.3) is 10.0 Å². The van der Waals surface area contributed by atoms with E-state index >= 15 is 0 Å². The van der Waals surface area contributed by atoms with E-state index in [9.17, 15) is 18.0 Å². The number of hydrogen-bond acceptors (Lipinski definition) is 5. The number of rotatable bonds is 12. The third-order valence-electron chi connectivity index (χ3n) is 7.74. The summed E-state index contributed by atoms with van der Waals surface area (Å²) in [5, 5.41) is 3.56. The molecule has 0 saturated heterocycles. The summed E-state index contributed by atoms with van der Waals surface area (Å²) in [6, 6.07) is 19.5. The van der Waals surface area contributed by atoms with E-state index < -0.39 is 28.5 Å². The number of anilines is 1. The van der Waals surface area contributed by atoms with Gasteiger partial charge in [-0.05, 0) is 69.5 Å². The van der Waals surface area contributed by atoms with Crippen molar-refractivity contribution in [2.75, 3.05) is 17.5 Å². The summed E-state index contributed by atoms with van der Waals surface area (Å²) in [5.74, 6) is -0.502. The highest BCUT2D eigenvalue weighted by Crippen LogP contribution is 2.33. The number of aryl methyl sites for hydroxylation is 1. The SMILES string of the molecule is CCOc1ccccc1N(CC(=O)N(Cc1ccccc1Cl)[C@@H](C)C(=O)NC1CCCCC1)S(=O)(=O)c1ccc(C)cc1. The third kappa shape index (κ3) is 8.09. The van der Waals surface area contributed by atoms with Crippen molar-refractivity contribution in [3.05, 3.63) is 88.9 Å². The van der Waals surface area contributed by atoms with Crippen LogP contribution in [0.25, 0.3) is 0 Å². The predicted octanol–water partition coefficient (Wildman–Crippen LogP) is 6.11. The summed E-state index contributed by atoms with van der Waals surface area (Å²) in [5.41, 5.74) is 1.78. The number of sulfonamides is 1. The molecular formula is C33H40ClN3O5S. The molecule has 2 amide bonds. The Balaban J connectivity index is 1.72. The van der Waals surface area contributed by atoms with E-state index in [2.05, 4.69) is 5.32 Å². The normalized spacial score (nSPS) is 14.5. The van der Waals surface area contributed by atoms with E-state index in [0.29, 0.717) is 22.9 Å². The molecule has 3 aromatic rings. The molecule has 4 rings (SSSR count). The smallest absolute Gasteiger partial charge is 0.264 e. The zero-order valence-electron chi connectivity index (χ0n) is 25.0. The zero-order valence-corrected chi connectivity index (χ0v) is 26.5. The Morgan fingerprint density at radius 2 is 1.63 bits per heavy atom. The first-order valence-electron chi connectivity index (χ1n) is 14.8. The maximum atomic E-state index is 14.2. The van der Waals surface area contributed by atoms with Gasteiger partial charge in [0.15, 0.2) is 0 Å². The van der Waals surface area contributed by atoms with Crippen molar-refractivity contribution in [2.24, 2.45) is 0 Å². The fraction of sp³-hybridized carbons (Fsp3) is 0.394. The van der Waals surface area contributed by atoms with Crippen LogP contribution in [0.15, 0.2) is 77.7 Å². The van der Waals surface area contributed by atoms with Gasteiger partial charge in [-0.1, -0.05) is 78.9 Å². The fourth-order valence-electron chi connectivity index (χ4n) is 5.25. The molecule has 1 atom stereocenters. The highest BCUT2D eigenvalue weighted by molar-refractivity contribution is 7.92. The Hall–Kier alpha value is -3.56. The van der Waals surface area contributed by atoms with Gasteiger partial charge in [0, 0.05) is 17.6 Å². The number of benzene rings is 3. The number of hydrogen-bond donors (Lipinski definition) is 1. The number of ether oxygens (including phenoxy) is 1. The first-order valence-corrected chi connectivity index (χ1v) is 16.6. The summed E-state index contributed by atoms with van der Waals surface area (Å²) in [6.45, 7) is 5.13. The van der Waals surface area contributed by atoms with Gasteiger partial charge in [0.2, 0.25) is 11.8 Å². The lowest BCUT2D eigenvalue weighted by molar-refractivity contribution is -0.139. The molecule has 0 aliphatic heterocycles. The topological polar surface area (TPSA) is 96.0 Å². The Labute approximate surface area is 260 Å². The first kappa shape index (κ1) is 32.4. The van der Waals surface area contributed by atoms with Crippen LogP contribution in [0.1, 0.15) is 57.1 Å². The van der Waals surface area contributed by atoms with Crippen LogP contribution in [0, 0.1) is 6.92 Å². The molecule has 1 fully saturated rings. The first-order chi connectivity index (χ1) is 20.6. The number of carbonyl (C=O) groups excluding carboxylic acids is 2. The number of nitrogens with zero attached hydrogens (tertiary/aromatic N) is 2. The maximum absolute atomic E-state index is 14.2. The Morgan fingerprint density at radius 3 is 2.30 bits per heavy atom. The number of halogens is 1. The van der Waals surface area contributed by atoms with E-state index in [0.717, 1.165) is 42.0 Å². The molecule has 1 aliphatic rings. The van der Waals surface area contributed by atoms with Crippen molar-refractivity contribution in [1.82, 2.24) is 10.2 Å². The van der Waals surface area contributed by atoms with Gasteiger partial charge in [-0.3, -0.25) is 13.9 Å². The number of para-hydroxylation sites is 2. The minimum Gasteiger partial charge on any atom is -0.492 e. The molecule has 1 aliphatic carbocycles. The third-order valence-corrected chi connectivity index (χ3v) is 9.88. The van der Waals surface area contributed by atoms with Gasteiger partial charge >= 0.3 is 0 Å². The Kier molecular flexibility index (Phi) is 11.1. The number of nitrogens with one attached hydrogen (secondary N) is 1. The van der Waals surface area contributed by atoms with Gasteiger partial charge in [-0.2, -0.15) is 0 Å². The molecule has 10 heteroatoms. The van der Waals surface area contributed by atoms with Gasteiger partial charge in [0.1, 0.15) is 18.3 Å². The van der Waals surface area contributed by atoms with E-state index in [1.807, 2.05) is 13.0 Å². The average molecular weight is 626 g/mol. The minimum atomic E-state index is -4.21. The highest BCUT2D eigenvalue weighted by Gasteiger charge is 2.34. The molecule has 8 nitrogen and oxygen atoms in total. The zero-order chi connectivity index (χ0) is 31.0. The van der Waals surface area contributed by atoms with Gasteiger partial charge in [-0.15, -0.1) is 0 Å². The summed E-state index contributed by atoms with van der Waals surface area (Å²) in [6.07, 6.45) is 5.04. The Morgan fingerprint density at radius 1 is 0.977 bits per heavy atom. The standard InChI is InChI=1S/C33H40ClN3O5S/c1-4-42-31-17-11-10-16-30(31)37(43(40,41)28-20-18-24(2)19-21-28)23-32(38)36(22-26-12-8-9-15-29(26)34)25(3)33(39)35-27-13-6-5-7-14-27/h8-12,15-21,25,27H,4-7,13-14,22-23H2,1-3H3,(H,35,39)/t25-/m0/s1. The molecule has 43 heavy (non-hydrogen) atoms. The summed E-state index contributed by atoms with van der Waals surface area (Å²) in [4.78, 5) is 29.2. The predicted molar refractivity (Wildman–Crippen MR) is 170 cm³/mol. The van der Waals surface area contributed by atoms with Crippen molar-refractivity contribution < 1.29 is 22.7 Å². The van der Waals surface area contributed by atoms with Crippen LogP contribution in [0.3, 0.4) is 0 Å². The van der Waals surface area contributed by atoms with Crippen LogP contribution in [-0.2, 0) is 26.2 Å². The Bertz CT molecular complexity index is 1510. The maximum Gasteiger partial charge on any atom is 0.264 e. The molecule has 0 radical (unpaired) electrons. The molecule has 0 unspecified atom stereocenters. The molecule has 1 N–H and O–H groups in total. The van der Waals surface area contributed by atoms with E-state index in [4.69, 9.17) is 16.3 Å². The summed E-state index contributed by atoms with van der Waals surface area (Å²) < 4.78 is 35.1. The van der Waals surface area contributed by atoms with Crippen LogP contribution in [-0.4, -0.2) is 50.4 Å². The second kappa shape index (κ2) is 14.8. The van der Waals surface area contributed by atoms with Crippen LogP contribution < -0.4 is 14.4 Å². The molecule has 230 valence electrons. The average Bonchev–Trinajstić information content (AvgIpc) is 3.00. The lowest BCUT2D eigenvalue weighted by Gasteiger charge is -2.33. The number of amides is 2. The number of carbonyl (C=O) groups is 2. The van der Waals surface area contributed by atoms with Crippen LogP contribution >= 0.6 is 11.6 Å². The molecule has 0 bridgehead atoms. The van der Waals surface area contributed by atoms with Crippen LogP contribution in [0.4, 0.5) is 5.69 Å². The lowest BCUT2D eigenvalue weighted by Crippen LogP contribution is -2.53. The molecular weight excluding hydrogens is 586 g/mol. The van der Waals surface area contributed by atoms with E-state index in [-0.39, 0.29) is 29.1 Å². The van der Waals surface area contributed by atoms with Crippen LogP contribution in [0.5, 0.6) is 5.75 Å². The van der Waals surface area contributed by atoms with E-state index in [1.165, 1.54) is 17.0 Å². The van der Waals surface area contributed by atoms with Crippen molar-refractivity contribution in [1.29, 1.82) is 0 Å². The molecule has 0 heterocycles. The second-order valence-electron chi connectivity index (χ2n) is 10.9. The van der Waals surface area contributed by atoms with E-state index in [1.54, 1.807) is 68.4 Å². The van der Waals surface area contributed by atoms with Crippen molar-refractivity contribution in [3.63, 3.8) is 0 Å². The summed E-state index contributed by atoms with van der Waals surface area (Å²) in [7, 11) is -4.21. The van der Waals surface area contributed by atoms with Crippen molar-refractivity contribution in [3.8, 4) is 5.75 Å². The molecule has 0 spiro atoms. The van der Waals surface area contributed by atoms with Gasteiger partial charge in [-0.25, -0.2) is 8.42 Å². The second-order valence-corrected chi connectivity index (χ2v) is 13.1. The lowest BCUT2D eigenvalue weighted by atomic mass is 9.95. The molecule has 3 aromatic carbocycles. The molecule has 1 saturated carbocycles. The monoisotopic (exact) mass is 625 g/mol. The van der Waals surface area contributed by atoms with Gasteiger partial charge in [0.05, 0.1) is 17.2 Å². The van der Waals surface area contributed by atoms with Gasteiger partial charge < -0.3 is 15.0 Å². The van der Waals surface area contributed by atoms with Crippen molar-refractivity contribution >= 4 is 39.1 Å². The largest absolute Gasteiger partial charge is 0.492 e. The van der Waals surface area contributed by atoms with Crippen LogP contribution in [0.2, 0.25) is 5.02 Å².